The highest BCUT2D eigenvalue weighted by atomic mass is 16.5. The highest BCUT2D eigenvalue weighted by molar-refractivity contribution is 5.98. The number of nitrogens with one attached hydrogen (secondary N) is 1. The number of aromatic nitrogens is 3. The minimum absolute atomic E-state index is 0.312. The van der Waals surface area contributed by atoms with Gasteiger partial charge in [0.05, 0.1) is 21.3 Å². The summed E-state index contributed by atoms with van der Waals surface area (Å²) in [7, 11) is 8.51. The summed E-state index contributed by atoms with van der Waals surface area (Å²) >= 11 is 0. The van der Waals surface area contributed by atoms with E-state index in [0.717, 1.165) is 16.8 Å². The molecule has 1 aromatic heterocycles. The standard InChI is InChI=1S/C27H29N5O4/c1-31(2)21-13-11-18(12-14-21)17-28-27-29-25(19-9-7-6-8-10-19)30-32(27)26(33)20-15-22(34-3)24(36-5)23(16-20)35-4/h6-16H,17H2,1-5H3,(H,28,29,30). The fourth-order valence-electron chi connectivity index (χ4n) is 3.70. The lowest BCUT2D eigenvalue weighted by atomic mass is 10.1. The Morgan fingerprint density at radius 1 is 0.917 bits per heavy atom. The van der Waals surface area contributed by atoms with Crippen LogP contribution in [0.2, 0.25) is 0 Å². The van der Waals surface area contributed by atoms with Crippen molar-refractivity contribution in [2.45, 2.75) is 6.54 Å². The van der Waals surface area contributed by atoms with Gasteiger partial charge in [0, 0.05) is 37.5 Å². The Hall–Kier alpha value is -4.53. The summed E-state index contributed by atoms with van der Waals surface area (Å²) in [6.45, 7) is 0.461. The van der Waals surface area contributed by atoms with Crippen molar-refractivity contribution in [1.29, 1.82) is 0 Å². The lowest BCUT2D eigenvalue weighted by molar-refractivity contribution is 0.0946. The molecule has 9 nitrogen and oxygen atoms in total. The Kier molecular flexibility index (Phi) is 7.39. The van der Waals surface area contributed by atoms with Gasteiger partial charge in [-0.05, 0) is 29.8 Å². The van der Waals surface area contributed by atoms with E-state index in [-0.39, 0.29) is 0 Å². The van der Waals surface area contributed by atoms with E-state index in [9.17, 15) is 4.79 Å². The first kappa shape index (κ1) is 24.6. The van der Waals surface area contributed by atoms with Crippen LogP contribution in [0.1, 0.15) is 15.9 Å². The monoisotopic (exact) mass is 487 g/mol. The van der Waals surface area contributed by atoms with Crippen LogP contribution in [0.15, 0.2) is 66.7 Å². The number of rotatable bonds is 9. The number of ether oxygens (including phenoxy) is 3. The molecular formula is C27H29N5O4. The third-order valence-corrected chi connectivity index (χ3v) is 5.65. The van der Waals surface area contributed by atoms with Crippen molar-refractivity contribution in [3.63, 3.8) is 0 Å². The zero-order valence-electron chi connectivity index (χ0n) is 21.0. The zero-order valence-corrected chi connectivity index (χ0v) is 21.0. The van der Waals surface area contributed by atoms with Crippen molar-refractivity contribution >= 4 is 17.5 Å². The molecule has 9 heteroatoms. The first-order valence-corrected chi connectivity index (χ1v) is 11.3. The largest absolute Gasteiger partial charge is 0.493 e. The van der Waals surface area contributed by atoms with E-state index in [1.165, 1.54) is 26.0 Å². The van der Waals surface area contributed by atoms with Crippen LogP contribution in [0, 0.1) is 0 Å². The molecule has 36 heavy (non-hydrogen) atoms. The van der Waals surface area contributed by atoms with Crippen LogP contribution in [-0.4, -0.2) is 56.1 Å². The fourth-order valence-corrected chi connectivity index (χ4v) is 3.70. The van der Waals surface area contributed by atoms with E-state index in [2.05, 4.69) is 15.4 Å². The van der Waals surface area contributed by atoms with Crippen LogP contribution in [0.5, 0.6) is 17.2 Å². The zero-order chi connectivity index (χ0) is 25.7. The fraction of sp³-hybridized carbons (Fsp3) is 0.222. The van der Waals surface area contributed by atoms with Gasteiger partial charge in [-0.3, -0.25) is 4.79 Å². The molecule has 4 aromatic rings. The molecule has 0 amide bonds. The molecule has 3 aromatic carbocycles. The van der Waals surface area contributed by atoms with Crippen molar-refractivity contribution in [3.05, 3.63) is 77.9 Å². The number of hydrogen-bond acceptors (Lipinski definition) is 8. The number of carbonyl (C=O) groups excluding carboxylic acids is 1. The first-order valence-electron chi connectivity index (χ1n) is 11.3. The topological polar surface area (TPSA) is 90.7 Å². The maximum Gasteiger partial charge on any atom is 0.281 e. The third kappa shape index (κ3) is 5.10. The summed E-state index contributed by atoms with van der Waals surface area (Å²) in [5.41, 5.74) is 3.25. The molecule has 4 rings (SSSR count). The second-order valence-corrected chi connectivity index (χ2v) is 8.17. The van der Waals surface area contributed by atoms with Gasteiger partial charge in [0.25, 0.3) is 5.91 Å². The quantitative estimate of drug-likeness (QED) is 0.373. The Morgan fingerprint density at radius 2 is 1.56 bits per heavy atom. The minimum Gasteiger partial charge on any atom is -0.493 e. The van der Waals surface area contributed by atoms with Crippen LogP contribution in [0.3, 0.4) is 0 Å². The molecule has 0 atom stereocenters. The van der Waals surface area contributed by atoms with Gasteiger partial charge in [0.1, 0.15) is 0 Å². The van der Waals surface area contributed by atoms with Gasteiger partial charge in [0.2, 0.25) is 11.7 Å². The molecule has 1 heterocycles. The Morgan fingerprint density at radius 3 is 2.11 bits per heavy atom. The van der Waals surface area contributed by atoms with Gasteiger partial charge in [-0.15, -0.1) is 5.10 Å². The first-order chi connectivity index (χ1) is 17.4. The smallest absolute Gasteiger partial charge is 0.281 e. The highest BCUT2D eigenvalue weighted by Gasteiger charge is 2.22. The molecule has 0 spiro atoms. The molecule has 0 bridgehead atoms. The SMILES string of the molecule is COc1cc(C(=O)n2nc(-c3ccccc3)nc2NCc2ccc(N(C)C)cc2)cc(OC)c1OC. The highest BCUT2D eigenvalue weighted by Crippen LogP contribution is 2.38. The van der Waals surface area contributed by atoms with Crippen molar-refractivity contribution < 1.29 is 19.0 Å². The van der Waals surface area contributed by atoms with Gasteiger partial charge in [-0.1, -0.05) is 42.5 Å². The van der Waals surface area contributed by atoms with Crippen LogP contribution in [0.4, 0.5) is 11.6 Å². The van der Waals surface area contributed by atoms with E-state index in [1.54, 1.807) is 12.1 Å². The third-order valence-electron chi connectivity index (χ3n) is 5.65. The van der Waals surface area contributed by atoms with E-state index >= 15 is 0 Å². The van der Waals surface area contributed by atoms with Gasteiger partial charge in [-0.25, -0.2) is 0 Å². The molecular weight excluding hydrogens is 458 g/mol. The number of nitrogens with zero attached hydrogens (tertiary/aromatic N) is 4. The number of hydrogen-bond donors (Lipinski definition) is 1. The van der Waals surface area contributed by atoms with Gasteiger partial charge < -0.3 is 24.4 Å². The summed E-state index contributed by atoms with van der Waals surface area (Å²) in [5, 5.41) is 7.80. The number of carbonyl (C=O) groups is 1. The van der Waals surface area contributed by atoms with Crippen LogP contribution in [0.25, 0.3) is 11.4 Å². The van der Waals surface area contributed by atoms with Crippen LogP contribution in [-0.2, 0) is 6.54 Å². The van der Waals surface area contributed by atoms with Crippen molar-refractivity contribution in [2.24, 2.45) is 0 Å². The van der Waals surface area contributed by atoms with Gasteiger partial charge >= 0.3 is 0 Å². The van der Waals surface area contributed by atoms with Crippen LogP contribution >= 0.6 is 0 Å². The van der Waals surface area contributed by atoms with Crippen molar-refractivity contribution in [1.82, 2.24) is 14.8 Å². The molecule has 0 aliphatic heterocycles. The number of anilines is 2. The molecule has 0 saturated heterocycles. The number of methoxy groups -OCH3 is 3. The van der Waals surface area contributed by atoms with Crippen molar-refractivity contribution in [2.75, 3.05) is 45.6 Å². The summed E-state index contributed by atoms with van der Waals surface area (Å²) in [5.74, 6) is 1.51. The van der Waals surface area contributed by atoms with E-state index < -0.39 is 5.91 Å². The molecule has 0 saturated carbocycles. The van der Waals surface area contributed by atoms with Gasteiger partial charge in [0.15, 0.2) is 17.3 Å². The lowest BCUT2D eigenvalue weighted by Crippen LogP contribution is -2.18. The maximum absolute atomic E-state index is 13.6. The predicted octanol–water partition coefficient (Wildman–Crippen LogP) is 4.34. The second kappa shape index (κ2) is 10.8. The van der Waals surface area contributed by atoms with Crippen molar-refractivity contribution in [3.8, 4) is 28.6 Å². The van der Waals surface area contributed by atoms with E-state index in [4.69, 9.17) is 14.2 Å². The minimum atomic E-state index is -0.394. The molecule has 0 aliphatic carbocycles. The van der Waals surface area contributed by atoms with E-state index in [1.807, 2.05) is 73.6 Å². The molecule has 0 aliphatic rings. The lowest BCUT2D eigenvalue weighted by Gasteiger charge is -2.14. The predicted molar refractivity (Wildman–Crippen MR) is 139 cm³/mol. The average molecular weight is 488 g/mol. The Balaban J connectivity index is 1.71. The molecule has 0 unspecified atom stereocenters. The number of benzene rings is 3. The Labute approximate surface area is 210 Å². The maximum atomic E-state index is 13.6. The van der Waals surface area contributed by atoms with Gasteiger partial charge in [-0.2, -0.15) is 9.67 Å². The second-order valence-electron chi connectivity index (χ2n) is 8.17. The molecule has 1 N–H and O–H groups in total. The Bertz CT molecular complexity index is 1310. The summed E-state index contributed by atoms with van der Waals surface area (Å²) in [4.78, 5) is 20.3. The summed E-state index contributed by atoms with van der Waals surface area (Å²) in [6.07, 6.45) is 0. The van der Waals surface area contributed by atoms with E-state index in [0.29, 0.717) is 41.1 Å². The summed E-state index contributed by atoms with van der Waals surface area (Å²) in [6, 6.07) is 20.8. The molecule has 0 fully saturated rings. The normalized spacial score (nSPS) is 10.6. The molecule has 0 radical (unpaired) electrons. The van der Waals surface area contributed by atoms with Crippen LogP contribution < -0.4 is 24.4 Å². The average Bonchev–Trinajstić information content (AvgIpc) is 3.35. The summed E-state index contributed by atoms with van der Waals surface area (Å²) < 4.78 is 17.5. The molecule has 186 valence electrons.